The van der Waals surface area contributed by atoms with Gasteiger partial charge in [0, 0.05) is 19.0 Å². The second-order valence-corrected chi connectivity index (χ2v) is 5.71. The van der Waals surface area contributed by atoms with Gasteiger partial charge < -0.3 is 14.8 Å². The van der Waals surface area contributed by atoms with Crippen LogP contribution >= 0.6 is 0 Å². The monoisotopic (exact) mass is 353 g/mol. The molecule has 1 fully saturated rings. The quantitative estimate of drug-likeness (QED) is 0.894. The van der Waals surface area contributed by atoms with Crippen LogP contribution in [0.3, 0.4) is 0 Å². The van der Waals surface area contributed by atoms with E-state index in [1.54, 1.807) is 6.20 Å². The van der Waals surface area contributed by atoms with E-state index in [1.165, 1.54) is 6.07 Å². The van der Waals surface area contributed by atoms with Crippen LogP contribution in [0.15, 0.2) is 42.7 Å². The van der Waals surface area contributed by atoms with Crippen molar-refractivity contribution in [3.63, 3.8) is 0 Å². The fraction of sp³-hybridized carbons (Fsp3) is 0.412. The molecule has 25 heavy (non-hydrogen) atoms. The van der Waals surface area contributed by atoms with Crippen LogP contribution in [0.1, 0.15) is 17.7 Å². The van der Waals surface area contributed by atoms with E-state index in [9.17, 15) is 13.2 Å². The molecule has 5 nitrogen and oxygen atoms in total. The lowest BCUT2D eigenvalue weighted by Crippen LogP contribution is -2.44. The number of alkyl halides is 3. The van der Waals surface area contributed by atoms with Crippen molar-refractivity contribution in [1.82, 2.24) is 9.97 Å². The molecule has 0 amide bonds. The summed E-state index contributed by atoms with van der Waals surface area (Å²) in [5.74, 6) is 0.356. The van der Waals surface area contributed by atoms with Crippen LogP contribution in [-0.2, 0) is 22.3 Å². The molecule has 0 aromatic carbocycles. The third-order valence-electron chi connectivity index (χ3n) is 3.89. The van der Waals surface area contributed by atoms with Gasteiger partial charge in [0.25, 0.3) is 0 Å². The maximum atomic E-state index is 12.6. The minimum absolute atomic E-state index is 0.139. The molecule has 0 saturated carbocycles. The first kappa shape index (κ1) is 17.6. The molecule has 1 aliphatic heterocycles. The summed E-state index contributed by atoms with van der Waals surface area (Å²) >= 11 is 0. The van der Waals surface area contributed by atoms with Gasteiger partial charge in [-0.25, -0.2) is 4.98 Å². The number of aromatic nitrogens is 2. The van der Waals surface area contributed by atoms with Gasteiger partial charge >= 0.3 is 6.18 Å². The summed E-state index contributed by atoms with van der Waals surface area (Å²) in [4.78, 5) is 8.05. The summed E-state index contributed by atoms with van der Waals surface area (Å²) in [5.41, 5.74) is 0.0429. The highest BCUT2D eigenvalue weighted by molar-refractivity contribution is 5.37. The number of ether oxygens (including phenoxy) is 2. The number of anilines is 1. The number of rotatable bonds is 5. The van der Waals surface area contributed by atoms with Gasteiger partial charge in [0.2, 0.25) is 0 Å². The Kier molecular flexibility index (Phi) is 5.50. The first-order valence-corrected chi connectivity index (χ1v) is 7.91. The van der Waals surface area contributed by atoms with Crippen molar-refractivity contribution < 1.29 is 22.6 Å². The van der Waals surface area contributed by atoms with E-state index >= 15 is 0 Å². The molecule has 1 aliphatic rings. The Morgan fingerprint density at radius 3 is 2.76 bits per heavy atom. The Hall–Kier alpha value is -2.19. The lowest BCUT2D eigenvalue weighted by Gasteiger charge is -2.32. The van der Waals surface area contributed by atoms with E-state index in [2.05, 4.69) is 15.3 Å². The maximum absolute atomic E-state index is 12.6. The Morgan fingerprint density at radius 1 is 1.20 bits per heavy atom. The van der Waals surface area contributed by atoms with E-state index in [1.807, 2.05) is 18.2 Å². The topological polar surface area (TPSA) is 56.3 Å². The third kappa shape index (κ3) is 4.90. The van der Waals surface area contributed by atoms with Crippen LogP contribution in [0.5, 0.6) is 0 Å². The number of hydrogen-bond acceptors (Lipinski definition) is 5. The average molecular weight is 353 g/mol. The third-order valence-corrected chi connectivity index (χ3v) is 3.89. The highest BCUT2D eigenvalue weighted by atomic mass is 19.4. The molecule has 2 aromatic rings. The predicted octanol–water partition coefficient (Wildman–Crippen LogP) is 3.28. The van der Waals surface area contributed by atoms with Crippen molar-refractivity contribution in [2.24, 2.45) is 0 Å². The summed E-state index contributed by atoms with van der Waals surface area (Å²) in [5, 5.41) is 3.10. The van der Waals surface area contributed by atoms with Crippen LogP contribution in [-0.4, -0.2) is 35.3 Å². The second-order valence-electron chi connectivity index (χ2n) is 5.71. The van der Waals surface area contributed by atoms with Gasteiger partial charge in [-0.15, -0.1) is 0 Å². The molecule has 1 N–H and O–H groups in total. The molecule has 134 valence electrons. The Balaban J connectivity index is 1.61. The first-order valence-electron chi connectivity index (χ1n) is 7.91. The van der Waals surface area contributed by atoms with E-state index in [0.29, 0.717) is 32.1 Å². The highest BCUT2D eigenvalue weighted by Crippen LogP contribution is 2.29. The largest absolute Gasteiger partial charge is 0.417 e. The van der Waals surface area contributed by atoms with Crippen molar-refractivity contribution in [2.75, 3.05) is 18.5 Å². The lowest BCUT2D eigenvalue weighted by molar-refractivity contribution is -0.137. The normalized spacial score (nSPS) is 21.1. The Morgan fingerprint density at radius 2 is 2.08 bits per heavy atom. The smallest absolute Gasteiger partial charge is 0.379 e. The van der Waals surface area contributed by atoms with E-state index < -0.39 is 11.7 Å². The Labute approximate surface area is 143 Å². The summed E-state index contributed by atoms with van der Waals surface area (Å²) < 4.78 is 49.2. The molecule has 1 saturated heterocycles. The molecule has 2 atom stereocenters. The number of nitrogens with one attached hydrogen (secondary N) is 1. The zero-order chi connectivity index (χ0) is 17.7. The van der Waals surface area contributed by atoms with E-state index in [-0.39, 0.29) is 12.1 Å². The number of nitrogens with zero attached hydrogens (tertiary/aromatic N) is 2. The van der Waals surface area contributed by atoms with Crippen molar-refractivity contribution in [3.05, 3.63) is 54.0 Å². The highest BCUT2D eigenvalue weighted by Gasteiger charge is 2.31. The molecule has 2 aromatic heterocycles. The summed E-state index contributed by atoms with van der Waals surface area (Å²) in [7, 11) is 0. The molecule has 8 heteroatoms. The standard InChI is InChI=1S/C17H18F3N3O2/c18-17(19,20)12-4-5-16(22-9-12)23-14-11-24-8-6-15(14)25-10-13-3-1-2-7-21-13/h1-5,7,9,14-15H,6,8,10-11H2,(H,22,23)/t14-,15-/m1/s1. The molecule has 3 rings (SSSR count). The van der Waals surface area contributed by atoms with Gasteiger partial charge in [0.15, 0.2) is 0 Å². The Bertz CT molecular complexity index is 665. The van der Waals surface area contributed by atoms with Gasteiger partial charge in [-0.2, -0.15) is 13.2 Å². The van der Waals surface area contributed by atoms with E-state index in [0.717, 1.165) is 18.0 Å². The van der Waals surface area contributed by atoms with Crippen molar-refractivity contribution >= 4 is 5.82 Å². The van der Waals surface area contributed by atoms with E-state index in [4.69, 9.17) is 9.47 Å². The minimum atomic E-state index is -4.40. The number of halogens is 3. The maximum Gasteiger partial charge on any atom is 0.417 e. The van der Waals surface area contributed by atoms with Crippen LogP contribution < -0.4 is 5.32 Å². The first-order chi connectivity index (χ1) is 12.0. The van der Waals surface area contributed by atoms with Gasteiger partial charge in [-0.3, -0.25) is 4.98 Å². The molecule has 0 spiro atoms. The fourth-order valence-electron chi connectivity index (χ4n) is 2.57. The fourth-order valence-corrected chi connectivity index (χ4v) is 2.57. The molecular weight excluding hydrogens is 335 g/mol. The molecule has 0 radical (unpaired) electrons. The van der Waals surface area contributed by atoms with Crippen molar-refractivity contribution in [1.29, 1.82) is 0 Å². The minimum Gasteiger partial charge on any atom is -0.379 e. The predicted molar refractivity (Wildman–Crippen MR) is 84.9 cm³/mol. The molecular formula is C17H18F3N3O2. The lowest BCUT2D eigenvalue weighted by atomic mass is 10.1. The van der Waals surface area contributed by atoms with Crippen molar-refractivity contribution in [2.45, 2.75) is 31.3 Å². The zero-order valence-corrected chi connectivity index (χ0v) is 13.4. The molecule has 0 unspecified atom stereocenters. The summed E-state index contributed by atoms with van der Waals surface area (Å²) in [6.45, 7) is 1.34. The summed E-state index contributed by atoms with van der Waals surface area (Å²) in [6, 6.07) is 7.72. The molecule has 3 heterocycles. The molecule has 0 bridgehead atoms. The van der Waals surface area contributed by atoms with Gasteiger partial charge in [0.1, 0.15) is 5.82 Å². The van der Waals surface area contributed by atoms with Gasteiger partial charge in [-0.1, -0.05) is 6.07 Å². The number of pyridine rings is 2. The number of hydrogen-bond donors (Lipinski definition) is 1. The van der Waals surface area contributed by atoms with Gasteiger partial charge in [-0.05, 0) is 30.7 Å². The van der Waals surface area contributed by atoms with Crippen LogP contribution in [0.4, 0.5) is 19.0 Å². The van der Waals surface area contributed by atoms with Crippen LogP contribution in [0.25, 0.3) is 0 Å². The zero-order valence-electron chi connectivity index (χ0n) is 13.4. The molecule has 0 aliphatic carbocycles. The summed E-state index contributed by atoms with van der Waals surface area (Å²) in [6.07, 6.45) is -1.33. The SMILES string of the molecule is FC(F)(F)c1ccc(N[C@@H]2COCC[C@H]2OCc2ccccn2)nc1. The average Bonchev–Trinajstić information content (AvgIpc) is 2.62. The second kappa shape index (κ2) is 7.79. The van der Waals surface area contributed by atoms with Crippen LogP contribution in [0.2, 0.25) is 0 Å². The van der Waals surface area contributed by atoms with Crippen molar-refractivity contribution in [3.8, 4) is 0 Å². The van der Waals surface area contributed by atoms with Crippen LogP contribution in [0, 0.1) is 0 Å². The van der Waals surface area contributed by atoms with Gasteiger partial charge in [0.05, 0.1) is 36.6 Å².